The molecule has 1 aromatic heterocycles. The van der Waals surface area contributed by atoms with E-state index in [9.17, 15) is 13.2 Å². The predicted octanol–water partition coefficient (Wildman–Crippen LogP) is 3.86. The summed E-state index contributed by atoms with van der Waals surface area (Å²) in [6, 6.07) is 18.3. The third-order valence-electron chi connectivity index (χ3n) is 4.63. The Labute approximate surface area is 164 Å². The van der Waals surface area contributed by atoms with Crippen molar-refractivity contribution in [2.24, 2.45) is 0 Å². The first-order valence-electron chi connectivity index (χ1n) is 8.81. The van der Waals surface area contributed by atoms with Crippen LogP contribution in [-0.4, -0.2) is 25.5 Å². The highest BCUT2D eigenvalue weighted by atomic mass is 32.2. The van der Waals surface area contributed by atoms with Crippen molar-refractivity contribution in [1.82, 2.24) is 4.57 Å². The van der Waals surface area contributed by atoms with E-state index in [1.54, 1.807) is 30.3 Å². The quantitative estimate of drug-likeness (QED) is 0.597. The zero-order valence-electron chi connectivity index (χ0n) is 15.7. The Morgan fingerprint density at radius 2 is 1.79 bits per heavy atom. The van der Waals surface area contributed by atoms with E-state index in [1.165, 1.54) is 6.26 Å². The van der Waals surface area contributed by atoms with Crippen molar-refractivity contribution >= 4 is 16.1 Å². The molecule has 3 aromatic rings. The van der Waals surface area contributed by atoms with E-state index >= 15 is 0 Å². The molecule has 0 aliphatic rings. The summed E-state index contributed by atoms with van der Waals surface area (Å²) in [7, 11) is -3.26. The SMILES string of the molecule is Cc1cc(C#N)ccc1-n1c(CCC=O)ccc1-c1ccc(S(C)(=O)=O)cc1. The lowest BCUT2D eigenvalue weighted by molar-refractivity contribution is -0.107. The molecule has 0 N–H and O–H groups in total. The molecule has 0 saturated carbocycles. The van der Waals surface area contributed by atoms with Crippen LogP contribution in [0.2, 0.25) is 0 Å². The molecule has 2 aromatic carbocycles. The van der Waals surface area contributed by atoms with Crippen LogP contribution < -0.4 is 0 Å². The van der Waals surface area contributed by atoms with Gasteiger partial charge in [0.05, 0.1) is 22.2 Å². The number of aromatic nitrogens is 1. The summed E-state index contributed by atoms with van der Waals surface area (Å²) in [6.07, 6.45) is 3.07. The Morgan fingerprint density at radius 1 is 1.07 bits per heavy atom. The largest absolute Gasteiger partial charge is 0.313 e. The van der Waals surface area contributed by atoms with Crippen LogP contribution in [0.4, 0.5) is 0 Å². The van der Waals surface area contributed by atoms with E-state index < -0.39 is 9.84 Å². The maximum absolute atomic E-state index is 11.7. The third kappa shape index (κ3) is 3.90. The Kier molecular flexibility index (Phi) is 5.48. The van der Waals surface area contributed by atoms with Crippen molar-refractivity contribution in [3.05, 3.63) is 71.4 Å². The molecule has 0 amide bonds. The van der Waals surface area contributed by atoms with Gasteiger partial charge in [-0.05, 0) is 66.9 Å². The number of carbonyl (C=O) groups excluding carboxylic acids is 1. The number of hydrogen-bond donors (Lipinski definition) is 0. The summed E-state index contributed by atoms with van der Waals surface area (Å²) < 4.78 is 25.5. The molecule has 3 rings (SSSR count). The molecular weight excluding hydrogens is 372 g/mol. The molecule has 0 aliphatic heterocycles. The summed E-state index contributed by atoms with van der Waals surface area (Å²) in [5.41, 5.74) is 5.19. The van der Waals surface area contributed by atoms with Crippen LogP contribution in [0.15, 0.2) is 59.5 Å². The average molecular weight is 392 g/mol. The first-order valence-corrected chi connectivity index (χ1v) is 10.7. The van der Waals surface area contributed by atoms with Gasteiger partial charge in [0.1, 0.15) is 6.29 Å². The monoisotopic (exact) mass is 392 g/mol. The fraction of sp³-hybridized carbons (Fsp3) is 0.182. The van der Waals surface area contributed by atoms with Crippen LogP contribution in [0.3, 0.4) is 0 Å². The van der Waals surface area contributed by atoms with Gasteiger partial charge in [0.15, 0.2) is 9.84 Å². The molecule has 0 aliphatic carbocycles. The Bertz CT molecular complexity index is 1170. The molecule has 6 heteroatoms. The van der Waals surface area contributed by atoms with E-state index in [2.05, 4.69) is 10.6 Å². The number of benzene rings is 2. The van der Waals surface area contributed by atoms with Gasteiger partial charge in [-0.15, -0.1) is 0 Å². The van der Waals surface area contributed by atoms with Crippen LogP contribution >= 0.6 is 0 Å². The van der Waals surface area contributed by atoms with Crippen LogP contribution in [0, 0.1) is 18.3 Å². The highest BCUT2D eigenvalue weighted by Crippen LogP contribution is 2.30. The van der Waals surface area contributed by atoms with Gasteiger partial charge in [-0.1, -0.05) is 12.1 Å². The molecule has 0 spiro atoms. The lowest BCUT2D eigenvalue weighted by Crippen LogP contribution is -2.05. The minimum atomic E-state index is -3.26. The van der Waals surface area contributed by atoms with Crippen LogP contribution in [0.25, 0.3) is 16.9 Å². The van der Waals surface area contributed by atoms with Crippen LogP contribution in [-0.2, 0) is 21.1 Å². The predicted molar refractivity (Wildman–Crippen MR) is 108 cm³/mol. The van der Waals surface area contributed by atoms with Crippen molar-refractivity contribution in [3.63, 3.8) is 0 Å². The standard InChI is InChI=1S/C22H20N2O3S/c1-16-14-17(15-23)5-11-21(16)24-19(4-3-13-25)8-12-22(24)18-6-9-20(10-7-18)28(2,26)27/h5-14H,3-4H2,1-2H3. The fourth-order valence-corrected chi connectivity index (χ4v) is 3.87. The number of rotatable bonds is 6. The summed E-state index contributed by atoms with van der Waals surface area (Å²) in [4.78, 5) is 11.2. The van der Waals surface area contributed by atoms with Crippen LogP contribution in [0.1, 0.15) is 23.2 Å². The second-order valence-corrected chi connectivity index (χ2v) is 8.68. The normalized spacial score (nSPS) is 11.2. The molecule has 0 unspecified atom stereocenters. The van der Waals surface area contributed by atoms with E-state index in [1.807, 2.05) is 31.2 Å². The molecular formula is C22H20N2O3S. The van der Waals surface area contributed by atoms with Gasteiger partial charge >= 0.3 is 0 Å². The van der Waals surface area contributed by atoms with Gasteiger partial charge in [-0.2, -0.15) is 5.26 Å². The number of hydrogen-bond acceptors (Lipinski definition) is 4. The van der Waals surface area contributed by atoms with E-state index in [4.69, 9.17) is 5.26 Å². The van der Waals surface area contributed by atoms with Gasteiger partial charge in [0.25, 0.3) is 0 Å². The van der Waals surface area contributed by atoms with E-state index in [0.29, 0.717) is 18.4 Å². The molecule has 0 fully saturated rings. The topological polar surface area (TPSA) is 79.9 Å². The van der Waals surface area contributed by atoms with Crippen LogP contribution in [0.5, 0.6) is 0 Å². The average Bonchev–Trinajstić information content (AvgIpc) is 3.09. The smallest absolute Gasteiger partial charge is 0.175 e. The van der Waals surface area contributed by atoms with Gasteiger partial charge in [0, 0.05) is 24.1 Å². The number of carbonyl (C=O) groups is 1. The van der Waals surface area contributed by atoms with Crippen molar-refractivity contribution in [3.8, 4) is 23.0 Å². The van der Waals surface area contributed by atoms with Crippen molar-refractivity contribution < 1.29 is 13.2 Å². The lowest BCUT2D eigenvalue weighted by Gasteiger charge is -2.16. The third-order valence-corrected chi connectivity index (χ3v) is 5.75. The van der Waals surface area contributed by atoms with Crippen molar-refractivity contribution in [1.29, 1.82) is 5.26 Å². The maximum Gasteiger partial charge on any atom is 0.175 e. The first-order chi connectivity index (χ1) is 13.3. The number of nitriles is 1. The summed E-state index contributed by atoms with van der Waals surface area (Å²) in [6.45, 7) is 1.94. The molecule has 0 saturated heterocycles. The maximum atomic E-state index is 11.7. The Balaban J connectivity index is 2.16. The van der Waals surface area contributed by atoms with Crippen molar-refractivity contribution in [2.75, 3.05) is 6.26 Å². The fourth-order valence-electron chi connectivity index (χ4n) is 3.24. The van der Waals surface area contributed by atoms with Gasteiger partial charge in [-0.25, -0.2) is 8.42 Å². The minimum absolute atomic E-state index is 0.269. The molecule has 5 nitrogen and oxygen atoms in total. The Morgan fingerprint density at radius 3 is 2.36 bits per heavy atom. The van der Waals surface area contributed by atoms with Crippen molar-refractivity contribution in [2.45, 2.75) is 24.7 Å². The number of aldehydes is 1. The van der Waals surface area contributed by atoms with E-state index in [-0.39, 0.29) is 4.90 Å². The van der Waals surface area contributed by atoms with Gasteiger partial charge in [0.2, 0.25) is 0 Å². The number of nitrogens with zero attached hydrogens (tertiary/aromatic N) is 2. The minimum Gasteiger partial charge on any atom is -0.313 e. The highest BCUT2D eigenvalue weighted by Gasteiger charge is 2.15. The second kappa shape index (κ2) is 7.83. The zero-order chi connectivity index (χ0) is 20.3. The number of sulfone groups is 1. The summed E-state index contributed by atoms with van der Waals surface area (Å²) in [5.74, 6) is 0. The highest BCUT2D eigenvalue weighted by molar-refractivity contribution is 7.90. The lowest BCUT2D eigenvalue weighted by atomic mass is 10.1. The molecule has 0 atom stereocenters. The Hall–Kier alpha value is -3.17. The first kappa shape index (κ1) is 19.6. The molecule has 142 valence electrons. The molecule has 0 bridgehead atoms. The summed E-state index contributed by atoms with van der Waals surface area (Å²) >= 11 is 0. The molecule has 28 heavy (non-hydrogen) atoms. The molecule has 0 radical (unpaired) electrons. The summed E-state index contributed by atoms with van der Waals surface area (Å²) in [5, 5.41) is 9.13. The van der Waals surface area contributed by atoms with Gasteiger partial charge in [-0.3, -0.25) is 0 Å². The van der Waals surface area contributed by atoms with E-state index in [0.717, 1.165) is 34.5 Å². The van der Waals surface area contributed by atoms with Gasteiger partial charge < -0.3 is 9.36 Å². The molecule has 1 heterocycles. The number of aryl methyl sites for hydroxylation is 2. The second-order valence-electron chi connectivity index (χ2n) is 6.66. The zero-order valence-corrected chi connectivity index (χ0v) is 16.5.